The van der Waals surface area contributed by atoms with Crippen LogP contribution < -0.4 is 14.4 Å². The molecule has 5 heteroatoms. The molecule has 1 heterocycles. The van der Waals surface area contributed by atoms with Crippen molar-refractivity contribution in [1.29, 1.82) is 0 Å². The molecule has 1 saturated heterocycles. The van der Waals surface area contributed by atoms with E-state index < -0.39 is 6.10 Å². The number of methoxy groups -OCH3 is 1. The van der Waals surface area contributed by atoms with Crippen LogP contribution in [-0.2, 0) is 4.79 Å². The third-order valence-electron chi connectivity index (χ3n) is 5.22. The van der Waals surface area contributed by atoms with Crippen molar-refractivity contribution >= 4 is 11.6 Å². The summed E-state index contributed by atoms with van der Waals surface area (Å²) in [5.41, 5.74) is 2.29. The van der Waals surface area contributed by atoms with E-state index in [1.807, 2.05) is 42.2 Å². The molecule has 1 atom stereocenters. The van der Waals surface area contributed by atoms with Crippen molar-refractivity contribution in [2.45, 2.75) is 32.8 Å². The van der Waals surface area contributed by atoms with E-state index in [1.165, 1.54) is 0 Å². The van der Waals surface area contributed by atoms with E-state index >= 15 is 0 Å². The number of anilines is 1. The summed E-state index contributed by atoms with van der Waals surface area (Å²) in [5, 5.41) is 0. The highest BCUT2D eigenvalue weighted by Gasteiger charge is 2.26. The van der Waals surface area contributed by atoms with Gasteiger partial charge >= 0.3 is 0 Å². The minimum atomic E-state index is -0.493. The van der Waals surface area contributed by atoms with Crippen molar-refractivity contribution < 1.29 is 14.3 Å². The van der Waals surface area contributed by atoms with E-state index in [0.29, 0.717) is 19.0 Å². The molecule has 1 aliphatic heterocycles. The minimum Gasteiger partial charge on any atom is -0.497 e. The maximum absolute atomic E-state index is 12.9. The lowest BCUT2D eigenvalue weighted by atomic mass is 10.0. The number of para-hydroxylation sites is 1. The molecule has 1 aliphatic rings. The highest BCUT2D eigenvalue weighted by Crippen LogP contribution is 2.27. The van der Waals surface area contributed by atoms with E-state index in [-0.39, 0.29) is 5.91 Å². The second kappa shape index (κ2) is 9.00. The van der Waals surface area contributed by atoms with Gasteiger partial charge in [0, 0.05) is 31.9 Å². The van der Waals surface area contributed by atoms with Crippen molar-refractivity contribution in [2.24, 2.45) is 0 Å². The lowest BCUT2D eigenvalue weighted by Gasteiger charge is -2.37. The highest BCUT2D eigenvalue weighted by atomic mass is 16.5. The van der Waals surface area contributed by atoms with Gasteiger partial charge in [-0.3, -0.25) is 4.79 Å². The molecule has 2 aromatic carbocycles. The molecule has 0 saturated carbocycles. The highest BCUT2D eigenvalue weighted by molar-refractivity contribution is 5.81. The monoisotopic (exact) mass is 382 g/mol. The Kier molecular flexibility index (Phi) is 6.45. The van der Waals surface area contributed by atoms with E-state index in [2.05, 4.69) is 36.9 Å². The summed E-state index contributed by atoms with van der Waals surface area (Å²) in [4.78, 5) is 17.1. The minimum absolute atomic E-state index is 0.0490. The number of carbonyl (C=O) groups excluding carboxylic acids is 1. The summed E-state index contributed by atoms with van der Waals surface area (Å²) in [6.07, 6.45) is -0.493. The number of rotatable bonds is 6. The molecule has 1 fully saturated rings. The fourth-order valence-electron chi connectivity index (χ4n) is 3.54. The van der Waals surface area contributed by atoms with Gasteiger partial charge in [-0.1, -0.05) is 32.0 Å². The molecule has 5 nitrogen and oxygen atoms in total. The molecule has 0 aromatic heterocycles. The topological polar surface area (TPSA) is 42.0 Å². The zero-order valence-corrected chi connectivity index (χ0v) is 17.2. The first-order valence-corrected chi connectivity index (χ1v) is 9.93. The van der Waals surface area contributed by atoms with E-state index in [4.69, 9.17) is 9.47 Å². The number of nitrogens with zero attached hydrogens (tertiary/aromatic N) is 2. The van der Waals surface area contributed by atoms with Crippen molar-refractivity contribution in [3.8, 4) is 11.5 Å². The first kappa shape index (κ1) is 20.1. The van der Waals surface area contributed by atoms with Crippen molar-refractivity contribution in [1.82, 2.24) is 4.90 Å². The average Bonchev–Trinajstić information content (AvgIpc) is 2.73. The second-order valence-electron chi connectivity index (χ2n) is 7.46. The Bertz CT molecular complexity index is 781. The Morgan fingerprint density at radius 2 is 1.57 bits per heavy atom. The predicted molar refractivity (Wildman–Crippen MR) is 112 cm³/mol. The zero-order valence-electron chi connectivity index (χ0n) is 17.2. The number of hydrogen-bond acceptors (Lipinski definition) is 4. The molecule has 0 bridgehead atoms. The van der Waals surface area contributed by atoms with Crippen LogP contribution in [-0.4, -0.2) is 50.2 Å². The number of hydrogen-bond donors (Lipinski definition) is 0. The summed E-state index contributed by atoms with van der Waals surface area (Å²) in [6, 6.07) is 16.0. The first-order valence-electron chi connectivity index (χ1n) is 9.93. The number of carbonyl (C=O) groups is 1. The van der Waals surface area contributed by atoms with Gasteiger partial charge in [-0.25, -0.2) is 0 Å². The lowest BCUT2D eigenvalue weighted by Crippen LogP contribution is -2.52. The number of benzene rings is 2. The lowest BCUT2D eigenvalue weighted by molar-refractivity contribution is -0.138. The molecule has 28 heavy (non-hydrogen) atoms. The van der Waals surface area contributed by atoms with Crippen LogP contribution in [0.15, 0.2) is 48.5 Å². The summed E-state index contributed by atoms with van der Waals surface area (Å²) in [7, 11) is 1.67. The standard InChI is InChI=1S/C23H30N2O3/c1-17(2)21-7-5-6-8-22(21)28-18(3)23(26)25-15-13-24(14-16-25)19-9-11-20(27-4)12-10-19/h5-12,17-18H,13-16H2,1-4H3/t18-/m0/s1. The van der Waals surface area contributed by atoms with E-state index in [1.54, 1.807) is 7.11 Å². The molecular formula is C23H30N2O3. The fraction of sp³-hybridized carbons (Fsp3) is 0.435. The molecule has 0 radical (unpaired) electrons. The summed E-state index contributed by atoms with van der Waals surface area (Å²) in [6.45, 7) is 9.13. The number of amides is 1. The van der Waals surface area contributed by atoms with Gasteiger partial charge in [-0.2, -0.15) is 0 Å². The second-order valence-corrected chi connectivity index (χ2v) is 7.46. The Labute approximate surface area is 167 Å². The molecule has 0 spiro atoms. The molecule has 0 unspecified atom stereocenters. The predicted octanol–water partition coefficient (Wildman–Crippen LogP) is 3.93. The van der Waals surface area contributed by atoms with Crippen molar-refractivity contribution in [3.05, 3.63) is 54.1 Å². The third kappa shape index (κ3) is 4.58. The van der Waals surface area contributed by atoms with Crippen LogP contribution in [0.4, 0.5) is 5.69 Å². The van der Waals surface area contributed by atoms with Crippen molar-refractivity contribution in [2.75, 3.05) is 38.2 Å². The molecule has 3 rings (SSSR count). The first-order chi connectivity index (χ1) is 13.5. The van der Waals surface area contributed by atoms with Gasteiger partial charge in [0.05, 0.1) is 7.11 Å². The van der Waals surface area contributed by atoms with Crippen LogP contribution >= 0.6 is 0 Å². The normalized spacial score (nSPS) is 15.5. The van der Waals surface area contributed by atoms with Gasteiger partial charge in [0.25, 0.3) is 5.91 Å². The van der Waals surface area contributed by atoms with Crippen LogP contribution in [0.2, 0.25) is 0 Å². The molecule has 0 aliphatic carbocycles. The fourth-order valence-corrected chi connectivity index (χ4v) is 3.54. The SMILES string of the molecule is COc1ccc(N2CCN(C(=O)[C@H](C)Oc3ccccc3C(C)C)CC2)cc1. The Balaban J connectivity index is 1.57. The largest absolute Gasteiger partial charge is 0.497 e. The van der Waals surface area contributed by atoms with Gasteiger partial charge in [0.2, 0.25) is 0 Å². The molecule has 150 valence electrons. The maximum atomic E-state index is 12.9. The smallest absolute Gasteiger partial charge is 0.263 e. The molecule has 2 aromatic rings. The van der Waals surface area contributed by atoms with Crippen LogP contribution in [0.1, 0.15) is 32.3 Å². The van der Waals surface area contributed by atoms with Gasteiger partial charge in [0.1, 0.15) is 11.5 Å². The van der Waals surface area contributed by atoms with E-state index in [9.17, 15) is 4.79 Å². The van der Waals surface area contributed by atoms with Gasteiger partial charge in [-0.15, -0.1) is 0 Å². The quantitative estimate of drug-likeness (QED) is 0.759. The molecule has 0 N–H and O–H groups in total. The van der Waals surface area contributed by atoms with Gasteiger partial charge < -0.3 is 19.3 Å². The maximum Gasteiger partial charge on any atom is 0.263 e. The third-order valence-corrected chi connectivity index (χ3v) is 5.22. The van der Waals surface area contributed by atoms with Gasteiger partial charge in [0.15, 0.2) is 6.10 Å². The molecular weight excluding hydrogens is 352 g/mol. The zero-order chi connectivity index (χ0) is 20.1. The summed E-state index contributed by atoms with van der Waals surface area (Å²) in [5.74, 6) is 2.06. The van der Waals surface area contributed by atoms with E-state index in [0.717, 1.165) is 35.8 Å². The molecule has 1 amide bonds. The average molecular weight is 383 g/mol. The van der Waals surface area contributed by atoms with Gasteiger partial charge in [-0.05, 0) is 48.7 Å². The van der Waals surface area contributed by atoms with Crippen LogP contribution in [0.25, 0.3) is 0 Å². The Morgan fingerprint density at radius 3 is 2.18 bits per heavy atom. The van der Waals surface area contributed by atoms with Crippen LogP contribution in [0.3, 0.4) is 0 Å². The Hall–Kier alpha value is -2.69. The summed E-state index contributed by atoms with van der Waals surface area (Å²) < 4.78 is 11.3. The van der Waals surface area contributed by atoms with Crippen molar-refractivity contribution in [3.63, 3.8) is 0 Å². The Morgan fingerprint density at radius 1 is 0.929 bits per heavy atom. The van der Waals surface area contributed by atoms with Crippen LogP contribution in [0.5, 0.6) is 11.5 Å². The number of piperazine rings is 1. The summed E-state index contributed by atoms with van der Waals surface area (Å²) >= 11 is 0. The van der Waals surface area contributed by atoms with Crippen LogP contribution in [0, 0.1) is 0 Å². The number of ether oxygens (including phenoxy) is 2.